The Bertz CT molecular complexity index is 817. The maximum atomic E-state index is 12.2. The van der Waals surface area contributed by atoms with Crippen LogP contribution in [-0.2, 0) is 9.59 Å². The first-order valence-electron chi connectivity index (χ1n) is 8.46. The third-order valence-electron chi connectivity index (χ3n) is 3.89. The Hall–Kier alpha value is -3.02. The molecular formula is C20H24N2O4. The number of nitrogens with one attached hydrogen (secondary N) is 2. The van der Waals surface area contributed by atoms with Crippen molar-refractivity contribution in [2.45, 2.75) is 33.7 Å². The highest BCUT2D eigenvalue weighted by atomic mass is 16.5. The number of carbonyl (C=O) groups excluding carboxylic acids is 2. The van der Waals surface area contributed by atoms with E-state index in [0.717, 1.165) is 16.7 Å². The standard InChI is InChI=1S/C20H24N2O4/c1-5-26-18-9-7-12(2)10-15(18)14(4)21-19(24)20(25)22-16-11-13(3)6-8-17(16)23/h6-11,14,23H,5H2,1-4H3,(H,21,24)(H,22,25). The lowest BCUT2D eigenvalue weighted by Crippen LogP contribution is -2.37. The summed E-state index contributed by atoms with van der Waals surface area (Å²) in [7, 11) is 0. The summed E-state index contributed by atoms with van der Waals surface area (Å²) >= 11 is 0. The van der Waals surface area contributed by atoms with Crippen LogP contribution in [0.25, 0.3) is 0 Å². The first-order valence-corrected chi connectivity index (χ1v) is 8.46. The lowest BCUT2D eigenvalue weighted by Gasteiger charge is -2.18. The molecule has 2 aromatic rings. The Kier molecular flexibility index (Phi) is 6.22. The average Bonchev–Trinajstić information content (AvgIpc) is 2.59. The summed E-state index contributed by atoms with van der Waals surface area (Å²) in [6.45, 7) is 7.94. The third kappa shape index (κ3) is 4.75. The summed E-state index contributed by atoms with van der Waals surface area (Å²) in [6, 6.07) is 10.0. The van der Waals surface area contributed by atoms with Gasteiger partial charge in [0.05, 0.1) is 18.3 Å². The summed E-state index contributed by atoms with van der Waals surface area (Å²) in [6.07, 6.45) is 0. The quantitative estimate of drug-likeness (QED) is 0.567. The van der Waals surface area contributed by atoms with Gasteiger partial charge in [-0.15, -0.1) is 0 Å². The number of carbonyl (C=O) groups is 2. The van der Waals surface area contributed by atoms with Gasteiger partial charge in [-0.2, -0.15) is 0 Å². The van der Waals surface area contributed by atoms with E-state index in [0.29, 0.717) is 12.4 Å². The lowest BCUT2D eigenvalue weighted by atomic mass is 10.0. The molecule has 1 atom stereocenters. The maximum absolute atomic E-state index is 12.2. The molecule has 6 heteroatoms. The van der Waals surface area contributed by atoms with Gasteiger partial charge in [0.2, 0.25) is 0 Å². The molecule has 0 radical (unpaired) electrons. The second-order valence-corrected chi connectivity index (χ2v) is 6.14. The van der Waals surface area contributed by atoms with Gasteiger partial charge >= 0.3 is 11.8 Å². The fourth-order valence-electron chi connectivity index (χ4n) is 2.56. The molecule has 1 unspecified atom stereocenters. The van der Waals surface area contributed by atoms with Crippen molar-refractivity contribution in [2.24, 2.45) is 0 Å². The Morgan fingerprint density at radius 3 is 2.42 bits per heavy atom. The number of benzene rings is 2. The van der Waals surface area contributed by atoms with Crippen molar-refractivity contribution in [1.29, 1.82) is 0 Å². The Morgan fingerprint density at radius 1 is 1.08 bits per heavy atom. The van der Waals surface area contributed by atoms with Crippen LogP contribution in [0.15, 0.2) is 36.4 Å². The molecule has 0 saturated carbocycles. The van der Waals surface area contributed by atoms with Crippen molar-refractivity contribution in [3.8, 4) is 11.5 Å². The van der Waals surface area contributed by atoms with Crippen LogP contribution in [0, 0.1) is 13.8 Å². The van der Waals surface area contributed by atoms with Crippen molar-refractivity contribution in [2.75, 3.05) is 11.9 Å². The molecule has 0 heterocycles. The number of phenols is 1. The van der Waals surface area contributed by atoms with Gasteiger partial charge in [0.15, 0.2) is 0 Å². The fraction of sp³-hybridized carbons (Fsp3) is 0.300. The number of rotatable bonds is 5. The van der Waals surface area contributed by atoms with Crippen molar-refractivity contribution < 1.29 is 19.4 Å². The molecular weight excluding hydrogens is 332 g/mol. The van der Waals surface area contributed by atoms with Gasteiger partial charge in [0, 0.05) is 5.56 Å². The minimum atomic E-state index is -0.844. The molecule has 0 aromatic heterocycles. The molecule has 0 bridgehead atoms. The third-order valence-corrected chi connectivity index (χ3v) is 3.89. The van der Waals surface area contributed by atoms with Gasteiger partial charge in [0.25, 0.3) is 0 Å². The van der Waals surface area contributed by atoms with E-state index in [9.17, 15) is 14.7 Å². The Labute approximate surface area is 153 Å². The number of aromatic hydroxyl groups is 1. The minimum Gasteiger partial charge on any atom is -0.506 e. The molecule has 0 spiro atoms. The molecule has 2 rings (SSSR count). The summed E-state index contributed by atoms with van der Waals surface area (Å²) in [5, 5.41) is 14.9. The highest BCUT2D eigenvalue weighted by molar-refractivity contribution is 6.39. The van der Waals surface area contributed by atoms with E-state index in [-0.39, 0.29) is 11.4 Å². The van der Waals surface area contributed by atoms with Gasteiger partial charge < -0.3 is 20.5 Å². The van der Waals surface area contributed by atoms with Gasteiger partial charge in [-0.1, -0.05) is 23.8 Å². The largest absolute Gasteiger partial charge is 0.506 e. The van der Waals surface area contributed by atoms with Crippen molar-refractivity contribution in [1.82, 2.24) is 5.32 Å². The minimum absolute atomic E-state index is 0.0953. The second-order valence-electron chi connectivity index (χ2n) is 6.14. The average molecular weight is 356 g/mol. The summed E-state index contributed by atoms with van der Waals surface area (Å²) in [4.78, 5) is 24.4. The molecule has 6 nitrogen and oxygen atoms in total. The van der Waals surface area contributed by atoms with Crippen molar-refractivity contribution >= 4 is 17.5 Å². The number of hydrogen-bond donors (Lipinski definition) is 3. The van der Waals surface area contributed by atoms with Gasteiger partial charge in [-0.3, -0.25) is 9.59 Å². The van der Waals surface area contributed by atoms with E-state index >= 15 is 0 Å². The van der Waals surface area contributed by atoms with Crippen molar-refractivity contribution in [3.63, 3.8) is 0 Å². The fourth-order valence-corrected chi connectivity index (χ4v) is 2.56. The molecule has 2 aromatic carbocycles. The molecule has 26 heavy (non-hydrogen) atoms. The van der Waals surface area contributed by atoms with E-state index in [1.54, 1.807) is 19.1 Å². The van der Waals surface area contributed by atoms with Crippen LogP contribution >= 0.6 is 0 Å². The van der Waals surface area contributed by atoms with Crippen LogP contribution in [0.2, 0.25) is 0 Å². The van der Waals surface area contributed by atoms with Crippen LogP contribution in [0.5, 0.6) is 11.5 Å². The number of amides is 2. The highest BCUT2D eigenvalue weighted by Crippen LogP contribution is 2.27. The van der Waals surface area contributed by atoms with Crippen LogP contribution in [0.3, 0.4) is 0 Å². The molecule has 0 aliphatic heterocycles. The molecule has 0 aliphatic carbocycles. The number of phenolic OH excluding ortho intramolecular Hbond substituents is 1. The van der Waals surface area contributed by atoms with Crippen LogP contribution in [0.4, 0.5) is 5.69 Å². The van der Waals surface area contributed by atoms with Crippen LogP contribution < -0.4 is 15.4 Å². The van der Waals surface area contributed by atoms with Gasteiger partial charge in [-0.05, 0) is 51.5 Å². The number of ether oxygens (including phenoxy) is 1. The van der Waals surface area contributed by atoms with E-state index in [4.69, 9.17) is 4.74 Å². The molecule has 3 N–H and O–H groups in total. The molecule has 0 aliphatic rings. The summed E-state index contributed by atoms with van der Waals surface area (Å²) in [5.74, 6) is -1.06. The zero-order valence-corrected chi connectivity index (χ0v) is 15.4. The highest BCUT2D eigenvalue weighted by Gasteiger charge is 2.20. The number of anilines is 1. The predicted octanol–water partition coefficient (Wildman–Crippen LogP) is 3.22. The van der Waals surface area contributed by atoms with Crippen LogP contribution in [-0.4, -0.2) is 23.5 Å². The van der Waals surface area contributed by atoms with Gasteiger partial charge in [-0.25, -0.2) is 0 Å². The topological polar surface area (TPSA) is 87.7 Å². The predicted molar refractivity (Wildman–Crippen MR) is 100 cm³/mol. The lowest BCUT2D eigenvalue weighted by molar-refractivity contribution is -0.136. The van der Waals surface area contributed by atoms with Gasteiger partial charge in [0.1, 0.15) is 11.5 Å². The zero-order valence-electron chi connectivity index (χ0n) is 15.4. The normalized spacial score (nSPS) is 11.5. The first-order chi connectivity index (χ1) is 12.3. The van der Waals surface area contributed by atoms with E-state index < -0.39 is 17.9 Å². The Balaban J connectivity index is 2.10. The first kappa shape index (κ1) is 19.3. The van der Waals surface area contributed by atoms with Crippen molar-refractivity contribution in [3.05, 3.63) is 53.1 Å². The van der Waals surface area contributed by atoms with E-state index in [1.165, 1.54) is 6.07 Å². The van der Waals surface area contributed by atoms with E-state index in [1.807, 2.05) is 39.0 Å². The molecule has 0 saturated heterocycles. The SMILES string of the molecule is CCOc1ccc(C)cc1C(C)NC(=O)C(=O)Nc1cc(C)ccc1O. The number of hydrogen-bond acceptors (Lipinski definition) is 4. The smallest absolute Gasteiger partial charge is 0.313 e. The summed E-state index contributed by atoms with van der Waals surface area (Å²) < 4.78 is 5.59. The molecule has 0 fully saturated rings. The molecule has 2 amide bonds. The zero-order chi connectivity index (χ0) is 19.3. The number of aryl methyl sites for hydroxylation is 2. The second kappa shape index (κ2) is 8.38. The maximum Gasteiger partial charge on any atom is 0.313 e. The van der Waals surface area contributed by atoms with E-state index in [2.05, 4.69) is 10.6 Å². The van der Waals surface area contributed by atoms with Crippen LogP contribution in [0.1, 0.15) is 36.6 Å². The Morgan fingerprint density at radius 2 is 1.73 bits per heavy atom. The summed E-state index contributed by atoms with van der Waals surface area (Å²) in [5.41, 5.74) is 2.88. The molecule has 138 valence electrons. The monoisotopic (exact) mass is 356 g/mol.